The van der Waals surface area contributed by atoms with Gasteiger partial charge in [-0.25, -0.2) is 0 Å². The number of unbranched alkanes of at least 4 members (excludes halogenated alkanes) is 2. The second-order valence-electron chi connectivity index (χ2n) is 2.71. The lowest BCUT2D eigenvalue weighted by Gasteiger charge is -2.02. The van der Waals surface area contributed by atoms with Gasteiger partial charge < -0.3 is 0 Å². The molecule has 0 fully saturated rings. The third-order valence-corrected chi connectivity index (χ3v) is 1.67. The molecule has 0 saturated heterocycles. The average molecular weight is 126 g/mol. The molecule has 0 rings (SSSR count). The van der Waals surface area contributed by atoms with Crippen molar-refractivity contribution in [3.8, 4) is 0 Å². The highest BCUT2D eigenvalue weighted by Crippen LogP contribution is 2.08. The first kappa shape index (κ1) is 8.74. The Morgan fingerprint density at radius 2 is 2.11 bits per heavy atom. The van der Waals surface area contributed by atoms with Crippen molar-refractivity contribution in [3.05, 3.63) is 12.7 Å². The van der Waals surface area contributed by atoms with E-state index in [1.807, 2.05) is 6.08 Å². The van der Waals surface area contributed by atoms with Crippen molar-refractivity contribution in [1.29, 1.82) is 0 Å². The van der Waals surface area contributed by atoms with Crippen LogP contribution >= 0.6 is 0 Å². The summed E-state index contributed by atoms with van der Waals surface area (Å²) in [6.07, 6.45) is 7.42. The maximum absolute atomic E-state index is 3.74. The minimum atomic E-state index is 0.719. The van der Waals surface area contributed by atoms with Gasteiger partial charge >= 0.3 is 0 Å². The number of hydrogen-bond donors (Lipinski definition) is 0. The van der Waals surface area contributed by atoms with Crippen LogP contribution in [0.5, 0.6) is 0 Å². The smallest absolute Gasteiger partial charge is 0.0265 e. The summed E-state index contributed by atoms with van der Waals surface area (Å²) >= 11 is 0. The first-order valence-electron chi connectivity index (χ1n) is 3.93. The minimum absolute atomic E-state index is 0.719. The topological polar surface area (TPSA) is 0 Å². The summed E-state index contributed by atoms with van der Waals surface area (Å²) in [5.41, 5.74) is 0. The first-order chi connectivity index (χ1) is 4.31. The number of allylic oxidation sites excluding steroid dienone is 1. The molecular formula is C9H18. The van der Waals surface area contributed by atoms with Crippen molar-refractivity contribution in [2.24, 2.45) is 5.92 Å². The second kappa shape index (κ2) is 5.87. The molecule has 0 spiro atoms. The first-order valence-corrected chi connectivity index (χ1v) is 3.93. The summed E-state index contributed by atoms with van der Waals surface area (Å²) in [4.78, 5) is 0. The zero-order valence-electron chi connectivity index (χ0n) is 6.69. The highest BCUT2D eigenvalue weighted by atomic mass is 14.0. The van der Waals surface area contributed by atoms with Gasteiger partial charge in [0.25, 0.3) is 0 Å². The fourth-order valence-electron chi connectivity index (χ4n) is 0.834. The van der Waals surface area contributed by atoms with Crippen LogP contribution in [0.15, 0.2) is 12.7 Å². The normalized spacial score (nSPS) is 13.1. The molecule has 0 aliphatic rings. The van der Waals surface area contributed by atoms with Gasteiger partial charge in [-0.1, -0.05) is 39.2 Å². The van der Waals surface area contributed by atoms with Crippen LogP contribution in [-0.4, -0.2) is 0 Å². The minimum Gasteiger partial charge on any atom is -0.103 e. The third kappa shape index (κ3) is 5.61. The predicted molar refractivity (Wildman–Crippen MR) is 43.5 cm³/mol. The van der Waals surface area contributed by atoms with Gasteiger partial charge in [0.15, 0.2) is 0 Å². The largest absolute Gasteiger partial charge is 0.103 e. The predicted octanol–water partition coefficient (Wildman–Crippen LogP) is 3.39. The highest BCUT2D eigenvalue weighted by molar-refractivity contribution is 4.74. The van der Waals surface area contributed by atoms with E-state index in [1.54, 1.807) is 0 Å². The molecule has 0 unspecified atom stereocenters. The molecule has 54 valence electrons. The maximum Gasteiger partial charge on any atom is -0.0265 e. The van der Waals surface area contributed by atoms with E-state index in [0.29, 0.717) is 0 Å². The second-order valence-corrected chi connectivity index (χ2v) is 2.71. The fraction of sp³-hybridized carbons (Fsp3) is 0.778. The van der Waals surface area contributed by atoms with E-state index in [0.717, 1.165) is 5.92 Å². The van der Waals surface area contributed by atoms with Gasteiger partial charge in [-0.15, -0.1) is 6.58 Å². The van der Waals surface area contributed by atoms with Gasteiger partial charge in [0.05, 0.1) is 0 Å². The maximum atomic E-state index is 3.74. The zero-order valence-corrected chi connectivity index (χ0v) is 6.69. The van der Waals surface area contributed by atoms with Crippen molar-refractivity contribution >= 4 is 0 Å². The van der Waals surface area contributed by atoms with E-state index in [4.69, 9.17) is 0 Å². The molecule has 0 bridgehead atoms. The Morgan fingerprint density at radius 3 is 2.56 bits per heavy atom. The summed E-state index contributed by atoms with van der Waals surface area (Å²) in [6, 6.07) is 0. The van der Waals surface area contributed by atoms with E-state index in [-0.39, 0.29) is 0 Å². The van der Waals surface area contributed by atoms with Gasteiger partial charge in [-0.3, -0.25) is 0 Å². The summed E-state index contributed by atoms with van der Waals surface area (Å²) in [5.74, 6) is 0.719. The van der Waals surface area contributed by atoms with Crippen molar-refractivity contribution in [3.63, 3.8) is 0 Å². The summed E-state index contributed by atoms with van der Waals surface area (Å²) in [7, 11) is 0. The van der Waals surface area contributed by atoms with Crippen LogP contribution in [0.4, 0.5) is 0 Å². The Bertz CT molecular complexity index is 64.4. The lowest BCUT2D eigenvalue weighted by molar-refractivity contribution is 0.577. The van der Waals surface area contributed by atoms with Crippen molar-refractivity contribution in [2.45, 2.75) is 39.5 Å². The highest BCUT2D eigenvalue weighted by Gasteiger charge is 1.93. The summed E-state index contributed by atoms with van der Waals surface area (Å²) in [6.45, 7) is 8.20. The third-order valence-electron chi connectivity index (χ3n) is 1.67. The SMILES string of the molecule is C=C[C@@H](C)CCCCC. The Morgan fingerprint density at radius 1 is 1.44 bits per heavy atom. The van der Waals surface area contributed by atoms with Gasteiger partial charge in [-0.2, -0.15) is 0 Å². The number of rotatable bonds is 5. The van der Waals surface area contributed by atoms with Gasteiger partial charge in [-0.05, 0) is 12.3 Å². The monoisotopic (exact) mass is 126 g/mol. The number of hydrogen-bond acceptors (Lipinski definition) is 0. The van der Waals surface area contributed by atoms with Crippen LogP contribution in [0.1, 0.15) is 39.5 Å². The standard InChI is InChI=1S/C9H18/c1-4-6-7-8-9(3)5-2/h5,9H,2,4,6-8H2,1,3H3/t9-/m1/s1. The lowest BCUT2D eigenvalue weighted by atomic mass is 10.0. The average Bonchev–Trinajstić information content (AvgIpc) is 1.89. The van der Waals surface area contributed by atoms with Crippen LogP contribution < -0.4 is 0 Å². The molecule has 0 aromatic rings. The molecule has 0 nitrogen and oxygen atoms in total. The van der Waals surface area contributed by atoms with Crippen LogP contribution in [0.3, 0.4) is 0 Å². The summed E-state index contributed by atoms with van der Waals surface area (Å²) in [5, 5.41) is 0. The van der Waals surface area contributed by atoms with Crippen LogP contribution in [-0.2, 0) is 0 Å². The molecule has 9 heavy (non-hydrogen) atoms. The van der Waals surface area contributed by atoms with E-state index < -0.39 is 0 Å². The molecule has 0 amide bonds. The van der Waals surface area contributed by atoms with Crippen LogP contribution in [0.25, 0.3) is 0 Å². The molecule has 0 aromatic heterocycles. The van der Waals surface area contributed by atoms with Crippen molar-refractivity contribution in [1.82, 2.24) is 0 Å². The fourth-order valence-corrected chi connectivity index (χ4v) is 0.834. The zero-order chi connectivity index (χ0) is 7.11. The Labute approximate surface area is 59.0 Å². The van der Waals surface area contributed by atoms with Gasteiger partial charge in [0, 0.05) is 0 Å². The molecule has 0 heterocycles. The van der Waals surface area contributed by atoms with E-state index >= 15 is 0 Å². The van der Waals surface area contributed by atoms with Crippen molar-refractivity contribution in [2.75, 3.05) is 0 Å². The molecular weight excluding hydrogens is 108 g/mol. The molecule has 0 N–H and O–H groups in total. The molecule has 1 atom stereocenters. The lowest BCUT2D eigenvalue weighted by Crippen LogP contribution is -1.87. The van der Waals surface area contributed by atoms with Crippen LogP contribution in [0.2, 0.25) is 0 Å². The molecule has 0 heteroatoms. The molecule has 0 saturated carbocycles. The summed E-state index contributed by atoms with van der Waals surface area (Å²) < 4.78 is 0. The quantitative estimate of drug-likeness (QED) is 0.391. The van der Waals surface area contributed by atoms with E-state index in [2.05, 4.69) is 20.4 Å². The molecule has 0 aliphatic heterocycles. The van der Waals surface area contributed by atoms with E-state index in [9.17, 15) is 0 Å². The molecule has 0 radical (unpaired) electrons. The van der Waals surface area contributed by atoms with Gasteiger partial charge in [0.1, 0.15) is 0 Å². The Hall–Kier alpha value is -0.260. The van der Waals surface area contributed by atoms with E-state index in [1.165, 1.54) is 25.7 Å². The molecule has 0 aliphatic carbocycles. The van der Waals surface area contributed by atoms with Crippen LogP contribution in [0, 0.1) is 5.92 Å². The van der Waals surface area contributed by atoms with Crippen molar-refractivity contribution < 1.29 is 0 Å². The molecule has 0 aromatic carbocycles. The Balaban J connectivity index is 2.96. The Kier molecular flexibility index (Phi) is 5.70. The van der Waals surface area contributed by atoms with Gasteiger partial charge in [0.2, 0.25) is 0 Å².